The number of hydrogen-bond acceptors (Lipinski definition) is 6. The van der Waals surface area contributed by atoms with Crippen LogP contribution >= 0.6 is 0 Å². The van der Waals surface area contributed by atoms with E-state index in [1.54, 1.807) is 32.4 Å². The van der Waals surface area contributed by atoms with E-state index >= 15 is 0 Å². The van der Waals surface area contributed by atoms with Gasteiger partial charge in [-0.2, -0.15) is 0 Å². The number of nitrogens with zero attached hydrogens (tertiary/aromatic N) is 1. The Bertz CT molecular complexity index is 1630. The molecule has 5 rings (SSSR count). The number of methoxy groups -OCH3 is 2. The first-order chi connectivity index (χ1) is 22.0. The number of nitrogens with one attached hydrogen (secondary N) is 2. The van der Waals surface area contributed by atoms with Crippen LogP contribution < -0.4 is 20.1 Å². The summed E-state index contributed by atoms with van der Waals surface area (Å²) in [6.45, 7) is 0.753. The summed E-state index contributed by atoms with van der Waals surface area (Å²) in [5.41, 5.74) is 5.08. The van der Waals surface area contributed by atoms with Crippen molar-refractivity contribution in [3.63, 3.8) is 0 Å². The third-order valence-electron chi connectivity index (χ3n) is 7.53. The third-order valence-corrected chi connectivity index (χ3v) is 7.53. The highest BCUT2D eigenvalue weighted by Crippen LogP contribution is 2.42. The summed E-state index contributed by atoms with van der Waals surface area (Å²) in [5, 5.41) is 15.0. The van der Waals surface area contributed by atoms with Crippen molar-refractivity contribution in [2.24, 2.45) is 0 Å². The highest BCUT2D eigenvalue weighted by atomic mass is 16.5. The maximum Gasteiger partial charge on any atom is 0.315 e. The Kier molecular flexibility index (Phi) is 10.4. The SMILES string of the molecule is COc1ccc(C(OCc2cccc(CNC(=O)NCc3cccc(CO)n3)c2)(c2ccccc2)c2ccc(OC)cc2)cc1. The van der Waals surface area contributed by atoms with E-state index < -0.39 is 5.60 Å². The second kappa shape index (κ2) is 15.0. The van der Waals surface area contributed by atoms with Crippen LogP contribution in [0.5, 0.6) is 11.5 Å². The molecule has 230 valence electrons. The van der Waals surface area contributed by atoms with Crippen molar-refractivity contribution in [1.82, 2.24) is 15.6 Å². The molecule has 0 aliphatic rings. The summed E-state index contributed by atoms with van der Waals surface area (Å²) in [5.74, 6) is 1.52. The van der Waals surface area contributed by atoms with Gasteiger partial charge in [-0.05, 0) is 64.2 Å². The molecule has 0 fully saturated rings. The van der Waals surface area contributed by atoms with Crippen LogP contribution in [0.1, 0.15) is 39.2 Å². The Morgan fingerprint density at radius 3 is 1.84 bits per heavy atom. The fraction of sp³-hybridized carbons (Fsp3) is 0.189. The second-order valence-electron chi connectivity index (χ2n) is 10.4. The number of benzene rings is 4. The number of aliphatic hydroxyl groups is 1. The second-order valence-corrected chi connectivity index (χ2v) is 10.4. The number of pyridine rings is 1. The summed E-state index contributed by atoms with van der Waals surface area (Å²) >= 11 is 0. The zero-order valence-electron chi connectivity index (χ0n) is 25.4. The van der Waals surface area contributed by atoms with E-state index in [9.17, 15) is 9.90 Å². The van der Waals surface area contributed by atoms with Crippen molar-refractivity contribution in [3.8, 4) is 11.5 Å². The van der Waals surface area contributed by atoms with Crippen molar-refractivity contribution in [2.75, 3.05) is 14.2 Å². The lowest BCUT2D eigenvalue weighted by Gasteiger charge is -2.36. The summed E-state index contributed by atoms with van der Waals surface area (Å²) in [7, 11) is 3.30. The maximum atomic E-state index is 12.5. The lowest BCUT2D eigenvalue weighted by Crippen LogP contribution is -2.34. The van der Waals surface area contributed by atoms with Gasteiger partial charge in [0.1, 0.15) is 17.1 Å². The molecule has 5 aromatic rings. The molecular formula is C37H37N3O5. The molecule has 0 aliphatic heterocycles. The fourth-order valence-corrected chi connectivity index (χ4v) is 5.23. The van der Waals surface area contributed by atoms with Crippen LogP contribution in [0.2, 0.25) is 0 Å². The van der Waals surface area contributed by atoms with Gasteiger partial charge >= 0.3 is 6.03 Å². The quantitative estimate of drug-likeness (QED) is 0.141. The summed E-state index contributed by atoms with van der Waals surface area (Å²) in [6.07, 6.45) is 0. The molecule has 3 N–H and O–H groups in total. The van der Waals surface area contributed by atoms with E-state index in [0.717, 1.165) is 39.3 Å². The predicted molar refractivity (Wildman–Crippen MR) is 173 cm³/mol. The number of ether oxygens (including phenoxy) is 3. The molecule has 4 aromatic carbocycles. The van der Waals surface area contributed by atoms with Gasteiger partial charge in [0.2, 0.25) is 0 Å². The Balaban J connectivity index is 1.36. The van der Waals surface area contributed by atoms with Crippen molar-refractivity contribution < 1.29 is 24.1 Å². The van der Waals surface area contributed by atoms with Gasteiger partial charge in [0, 0.05) is 6.54 Å². The molecule has 0 saturated heterocycles. The minimum Gasteiger partial charge on any atom is -0.497 e. The Morgan fingerprint density at radius 2 is 1.22 bits per heavy atom. The largest absolute Gasteiger partial charge is 0.497 e. The van der Waals surface area contributed by atoms with E-state index in [0.29, 0.717) is 24.5 Å². The van der Waals surface area contributed by atoms with Crippen LogP contribution in [-0.4, -0.2) is 30.3 Å². The lowest BCUT2D eigenvalue weighted by molar-refractivity contribution is 0.000167. The van der Waals surface area contributed by atoms with Gasteiger partial charge in [0.15, 0.2) is 0 Å². The minimum atomic E-state index is -0.935. The first-order valence-corrected chi connectivity index (χ1v) is 14.7. The standard InChI is InChI=1S/C37H37N3O5/c1-43-34-18-14-30(15-19-34)37(29-10-4-3-5-11-29,31-16-20-35(44-2)21-17-31)45-26-28-9-6-8-27(22-28)23-38-36(42)39-24-32-12-7-13-33(25-41)40-32/h3-22,41H,23-26H2,1-2H3,(H2,38,39,42). The van der Waals surface area contributed by atoms with Gasteiger partial charge in [0.25, 0.3) is 0 Å². The van der Waals surface area contributed by atoms with Crippen molar-refractivity contribution >= 4 is 6.03 Å². The zero-order valence-corrected chi connectivity index (χ0v) is 25.4. The van der Waals surface area contributed by atoms with Gasteiger partial charge in [-0.1, -0.05) is 84.9 Å². The van der Waals surface area contributed by atoms with Crippen LogP contribution in [0.15, 0.2) is 121 Å². The predicted octanol–water partition coefficient (Wildman–Crippen LogP) is 6.10. The van der Waals surface area contributed by atoms with Crippen LogP contribution in [0, 0.1) is 0 Å². The number of carbonyl (C=O) groups excluding carboxylic acids is 1. The highest BCUT2D eigenvalue weighted by molar-refractivity contribution is 5.73. The van der Waals surface area contributed by atoms with E-state index in [2.05, 4.69) is 27.8 Å². The minimum absolute atomic E-state index is 0.146. The molecule has 1 aromatic heterocycles. The number of urea groups is 1. The molecule has 0 atom stereocenters. The van der Waals surface area contributed by atoms with Crippen LogP contribution in [-0.2, 0) is 36.6 Å². The molecule has 0 aliphatic carbocycles. The summed E-state index contributed by atoms with van der Waals surface area (Å²) in [6, 6.07) is 39.1. The third kappa shape index (κ3) is 7.67. The molecule has 8 heteroatoms. The number of amides is 2. The van der Waals surface area contributed by atoms with Crippen LogP contribution in [0.4, 0.5) is 4.79 Å². The number of aliphatic hydroxyl groups excluding tert-OH is 1. The number of aromatic nitrogens is 1. The molecular weight excluding hydrogens is 566 g/mol. The van der Waals surface area contributed by atoms with Crippen molar-refractivity contribution in [2.45, 2.75) is 31.9 Å². The topological polar surface area (TPSA) is 102 Å². The fourth-order valence-electron chi connectivity index (χ4n) is 5.23. The number of carbonyl (C=O) groups is 1. The van der Waals surface area contributed by atoms with E-state index in [1.807, 2.05) is 91.0 Å². The van der Waals surface area contributed by atoms with Gasteiger partial charge in [0.05, 0.1) is 45.4 Å². The number of rotatable bonds is 13. The van der Waals surface area contributed by atoms with Crippen molar-refractivity contribution in [1.29, 1.82) is 0 Å². The highest BCUT2D eigenvalue weighted by Gasteiger charge is 2.38. The first-order valence-electron chi connectivity index (χ1n) is 14.7. The molecule has 45 heavy (non-hydrogen) atoms. The Labute approximate surface area is 263 Å². The van der Waals surface area contributed by atoms with E-state index in [4.69, 9.17) is 14.2 Å². The molecule has 0 radical (unpaired) electrons. The van der Waals surface area contributed by atoms with Gasteiger partial charge in [-0.25, -0.2) is 4.79 Å². The number of hydrogen-bond donors (Lipinski definition) is 3. The van der Waals surface area contributed by atoms with Crippen molar-refractivity contribution in [3.05, 3.63) is 161 Å². The van der Waals surface area contributed by atoms with Gasteiger partial charge in [-0.15, -0.1) is 0 Å². The molecule has 0 unspecified atom stereocenters. The van der Waals surface area contributed by atoms with Crippen LogP contribution in [0.25, 0.3) is 0 Å². The first kappa shape index (κ1) is 31.3. The lowest BCUT2D eigenvalue weighted by atomic mass is 9.80. The molecule has 0 saturated carbocycles. The Hall–Kier alpha value is -5.18. The van der Waals surface area contributed by atoms with E-state index in [1.165, 1.54) is 0 Å². The smallest absolute Gasteiger partial charge is 0.315 e. The average molecular weight is 604 g/mol. The molecule has 0 bridgehead atoms. The molecule has 8 nitrogen and oxygen atoms in total. The molecule has 0 spiro atoms. The Morgan fingerprint density at radius 1 is 0.667 bits per heavy atom. The average Bonchev–Trinajstić information content (AvgIpc) is 3.11. The van der Waals surface area contributed by atoms with Gasteiger partial charge < -0.3 is 30.0 Å². The molecule has 1 heterocycles. The summed E-state index contributed by atoms with van der Waals surface area (Å²) < 4.78 is 17.9. The van der Waals surface area contributed by atoms with Crippen LogP contribution in [0.3, 0.4) is 0 Å². The normalized spacial score (nSPS) is 11.1. The monoisotopic (exact) mass is 603 g/mol. The van der Waals surface area contributed by atoms with E-state index in [-0.39, 0.29) is 19.2 Å². The van der Waals surface area contributed by atoms with Gasteiger partial charge in [-0.3, -0.25) is 4.98 Å². The maximum absolute atomic E-state index is 12.5. The zero-order chi connectivity index (χ0) is 31.5. The summed E-state index contributed by atoms with van der Waals surface area (Å²) in [4.78, 5) is 16.8. The molecule has 2 amide bonds.